The third-order valence-corrected chi connectivity index (χ3v) is 4.93. The van der Waals surface area contributed by atoms with Crippen LogP contribution < -0.4 is 16.2 Å². The summed E-state index contributed by atoms with van der Waals surface area (Å²) in [7, 11) is 0. The largest absolute Gasteiger partial charge is 0.334 e. The highest BCUT2D eigenvalue weighted by molar-refractivity contribution is 5.75. The Hall–Kier alpha value is -2.67. The highest BCUT2D eigenvalue weighted by Gasteiger charge is 2.28. The van der Waals surface area contributed by atoms with E-state index in [-0.39, 0.29) is 11.6 Å². The molecule has 0 aliphatic heterocycles. The summed E-state index contributed by atoms with van der Waals surface area (Å²) in [6.45, 7) is 12.5. The maximum Gasteiger partial charge on any atom is 0.318 e. The smallest absolute Gasteiger partial charge is 0.318 e. The summed E-state index contributed by atoms with van der Waals surface area (Å²) in [4.78, 5) is 23.6. The summed E-state index contributed by atoms with van der Waals surface area (Å²) >= 11 is 0. The zero-order chi connectivity index (χ0) is 21.4. The zero-order valence-electron chi connectivity index (χ0n) is 18.1. The van der Waals surface area contributed by atoms with Crippen molar-refractivity contribution in [3.05, 3.63) is 54.4 Å². The minimum Gasteiger partial charge on any atom is -0.334 e. The molecule has 0 saturated heterocycles. The zero-order valence-corrected chi connectivity index (χ0v) is 18.1. The Kier molecular flexibility index (Phi) is 7.96. The van der Waals surface area contributed by atoms with Gasteiger partial charge in [0.25, 0.3) is 0 Å². The van der Waals surface area contributed by atoms with Crippen LogP contribution >= 0.6 is 0 Å². The highest BCUT2D eigenvalue weighted by Crippen LogP contribution is 2.25. The summed E-state index contributed by atoms with van der Waals surface area (Å²) in [5, 5.41) is 4.65. The number of aromatic nitrogens is 2. The van der Waals surface area contributed by atoms with Gasteiger partial charge in [0.2, 0.25) is 5.95 Å². The van der Waals surface area contributed by atoms with Crippen molar-refractivity contribution in [1.29, 1.82) is 0 Å². The maximum absolute atomic E-state index is 12.9. The second-order valence-corrected chi connectivity index (χ2v) is 8.23. The molecule has 0 atom stereocenters. The van der Waals surface area contributed by atoms with Gasteiger partial charge in [-0.2, -0.15) is 0 Å². The monoisotopic (exact) mass is 398 g/mol. The van der Waals surface area contributed by atoms with Crippen molar-refractivity contribution in [2.45, 2.75) is 65.1 Å². The molecule has 1 heterocycles. The molecule has 1 aromatic heterocycles. The van der Waals surface area contributed by atoms with Crippen LogP contribution in [0.3, 0.4) is 0 Å². The van der Waals surface area contributed by atoms with Gasteiger partial charge in [-0.05, 0) is 58.6 Å². The summed E-state index contributed by atoms with van der Waals surface area (Å²) in [5.41, 5.74) is 1.35. The molecular weight excluding hydrogens is 364 g/mol. The first-order valence-corrected chi connectivity index (χ1v) is 10.1. The second-order valence-electron chi connectivity index (χ2n) is 8.23. The molecule has 1 aromatic rings. The van der Waals surface area contributed by atoms with E-state index in [4.69, 9.17) is 5.84 Å². The van der Waals surface area contributed by atoms with Crippen molar-refractivity contribution < 1.29 is 4.79 Å². The number of rotatable bonds is 8. The van der Waals surface area contributed by atoms with Crippen LogP contribution in [0, 0.1) is 0 Å². The van der Waals surface area contributed by atoms with E-state index < -0.39 is 0 Å². The Morgan fingerprint density at radius 3 is 2.69 bits per heavy atom. The van der Waals surface area contributed by atoms with Crippen LogP contribution in [0.2, 0.25) is 0 Å². The summed E-state index contributed by atoms with van der Waals surface area (Å²) in [6, 6.07) is 1.97. The number of nitrogens with zero attached hydrogens (tertiary/aromatic N) is 4. The number of hydrazine groups is 1. The van der Waals surface area contributed by atoms with Crippen LogP contribution in [0.15, 0.2) is 48.7 Å². The first kappa shape index (κ1) is 22.6. The Morgan fingerprint density at radius 1 is 1.41 bits per heavy atom. The molecule has 2 amide bonds. The van der Waals surface area contributed by atoms with Crippen LogP contribution in [0.1, 0.15) is 52.7 Å². The Morgan fingerprint density at radius 2 is 2.14 bits per heavy atom. The molecule has 0 bridgehead atoms. The normalized spacial score (nSPS) is 15.1. The highest BCUT2D eigenvalue weighted by atomic mass is 16.2. The molecule has 158 valence electrons. The molecule has 0 spiro atoms. The van der Waals surface area contributed by atoms with Crippen molar-refractivity contribution in [3.63, 3.8) is 0 Å². The van der Waals surface area contributed by atoms with E-state index in [0.29, 0.717) is 25.1 Å². The molecule has 0 aromatic carbocycles. The van der Waals surface area contributed by atoms with Crippen molar-refractivity contribution >= 4 is 12.0 Å². The van der Waals surface area contributed by atoms with Gasteiger partial charge in [0.15, 0.2) is 0 Å². The summed E-state index contributed by atoms with van der Waals surface area (Å²) in [5.74, 6) is 6.68. The van der Waals surface area contributed by atoms with Crippen LogP contribution in [-0.2, 0) is 6.54 Å². The maximum atomic E-state index is 12.9. The second kappa shape index (κ2) is 10.2. The number of nitrogens with one attached hydrogen (secondary N) is 1. The number of hydrogen-bond donors (Lipinski definition) is 2. The van der Waals surface area contributed by atoms with Crippen LogP contribution in [0.4, 0.5) is 10.7 Å². The van der Waals surface area contributed by atoms with E-state index in [1.807, 2.05) is 52.0 Å². The lowest BCUT2D eigenvalue weighted by atomic mass is 9.93. The Bertz CT molecular complexity index is 761. The quantitative estimate of drug-likeness (QED) is 0.396. The third-order valence-electron chi connectivity index (χ3n) is 4.93. The van der Waals surface area contributed by atoms with Gasteiger partial charge >= 0.3 is 6.03 Å². The SMILES string of the molecule is C=C/C=C(\C=C/C)CNC(=O)N(Cc1ccnc(N(N)C2CCC2)n1)C(C)(C)C. The van der Waals surface area contributed by atoms with E-state index >= 15 is 0 Å². The number of carbonyl (C=O) groups excluding carboxylic acids is 1. The van der Waals surface area contributed by atoms with Crippen LogP contribution in [0.5, 0.6) is 0 Å². The van der Waals surface area contributed by atoms with E-state index in [1.165, 1.54) is 6.42 Å². The lowest BCUT2D eigenvalue weighted by Crippen LogP contribution is -2.50. The third kappa shape index (κ3) is 6.42. The first-order chi connectivity index (χ1) is 13.8. The van der Waals surface area contributed by atoms with Gasteiger partial charge in [-0.1, -0.05) is 30.9 Å². The lowest BCUT2D eigenvalue weighted by molar-refractivity contribution is 0.139. The van der Waals surface area contributed by atoms with Gasteiger partial charge in [-0.15, -0.1) is 0 Å². The molecule has 1 aliphatic carbocycles. The fourth-order valence-electron chi connectivity index (χ4n) is 3.01. The van der Waals surface area contributed by atoms with Gasteiger partial charge in [0.1, 0.15) is 0 Å². The number of urea groups is 1. The lowest BCUT2D eigenvalue weighted by Gasteiger charge is -2.36. The summed E-state index contributed by atoms with van der Waals surface area (Å²) in [6.07, 6.45) is 12.5. The van der Waals surface area contributed by atoms with E-state index in [1.54, 1.807) is 22.2 Å². The Labute approximate surface area is 174 Å². The average molecular weight is 399 g/mol. The first-order valence-electron chi connectivity index (χ1n) is 10.1. The minimum atomic E-state index is -0.380. The number of amides is 2. The van der Waals surface area contributed by atoms with Gasteiger partial charge in [0.05, 0.1) is 12.2 Å². The number of hydrogen-bond acceptors (Lipinski definition) is 5. The standard InChI is InChI=1S/C22H34N6O/c1-6-9-17(10-7-2)15-25-21(29)27(22(3,4)5)16-18-13-14-24-20(26-18)28(23)19-11-8-12-19/h6-7,9-10,13-14,19H,1,8,11-12,15-16,23H2,2-5H3,(H,25,29)/b10-7-,17-9+. The molecule has 2 rings (SSSR count). The van der Waals surface area contributed by atoms with Crippen molar-refractivity contribution in [2.75, 3.05) is 11.6 Å². The van der Waals surface area contributed by atoms with E-state index in [0.717, 1.165) is 24.1 Å². The molecular formula is C22H34N6O. The van der Waals surface area contributed by atoms with Gasteiger partial charge < -0.3 is 10.2 Å². The van der Waals surface area contributed by atoms with E-state index in [2.05, 4.69) is 21.9 Å². The molecule has 0 radical (unpaired) electrons. The van der Waals surface area contributed by atoms with E-state index in [9.17, 15) is 4.79 Å². The molecule has 7 nitrogen and oxygen atoms in total. The van der Waals surface area contributed by atoms with Crippen LogP contribution in [-0.4, -0.2) is 39.0 Å². The average Bonchev–Trinajstić information content (AvgIpc) is 2.62. The molecule has 0 unspecified atom stereocenters. The minimum absolute atomic E-state index is 0.152. The van der Waals surface area contributed by atoms with Crippen molar-refractivity contribution in [1.82, 2.24) is 20.2 Å². The fourth-order valence-corrected chi connectivity index (χ4v) is 3.01. The number of allylic oxidation sites excluding steroid dienone is 3. The molecule has 1 fully saturated rings. The molecule has 3 N–H and O–H groups in total. The van der Waals surface area contributed by atoms with Crippen LogP contribution in [0.25, 0.3) is 0 Å². The van der Waals surface area contributed by atoms with Gasteiger partial charge in [-0.3, -0.25) is 5.01 Å². The number of carbonyl (C=O) groups is 1. The van der Waals surface area contributed by atoms with Crippen molar-refractivity contribution in [2.24, 2.45) is 5.84 Å². The summed E-state index contributed by atoms with van der Waals surface area (Å²) < 4.78 is 0. The number of anilines is 1. The van der Waals surface area contributed by atoms with Gasteiger partial charge in [-0.25, -0.2) is 20.6 Å². The topological polar surface area (TPSA) is 87.4 Å². The fraction of sp³-hybridized carbons (Fsp3) is 0.500. The van der Waals surface area contributed by atoms with Crippen molar-refractivity contribution in [3.8, 4) is 0 Å². The molecule has 7 heteroatoms. The van der Waals surface area contributed by atoms with Gasteiger partial charge in [0, 0.05) is 24.3 Å². The predicted molar refractivity (Wildman–Crippen MR) is 118 cm³/mol. The molecule has 1 saturated carbocycles. The predicted octanol–water partition coefficient (Wildman–Crippen LogP) is 3.71. The number of nitrogens with two attached hydrogens (primary N) is 1. The Balaban J connectivity index is 2.11. The molecule has 1 aliphatic rings. The molecule has 29 heavy (non-hydrogen) atoms.